The van der Waals surface area contributed by atoms with Gasteiger partial charge < -0.3 is 0 Å². The van der Waals surface area contributed by atoms with Crippen LogP contribution in [0.2, 0.25) is 0 Å². The number of hydrogen-bond donors (Lipinski definition) is 1. The van der Waals surface area contributed by atoms with E-state index >= 15 is 0 Å². The number of nitrogens with one attached hydrogen (secondary N) is 1. The number of rotatable bonds is 6. The van der Waals surface area contributed by atoms with Crippen LogP contribution >= 0.6 is 23.5 Å². The minimum absolute atomic E-state index is 0.0208. The maximum Gasteiger partial charge on any atom is 0.157 e. The van der Waals surface area contributed by atoms with Gasteiger partial charge in [0.2, 0.25) is 0 Å². The molecule has 0 amide bonds. The third kappa shape index (κ3) is 4.22. The van der Waals surface area contributed by atoms with Gasteiger partial charge in [0, 0.05) is 11.5 Å². The number of thioether (sulfide) groups is 2. The largest absolute Gasteiger partial charge is 0.297 e. The molecule has 1 N–H and O–H groups in total. The van der Waals surface area contributed by atoms with Crippen molar-refractivity contribution in [3.63, 3.8) is 0 Å². The maximum atomic E-state index is 12.3. The first-order chi connectivity index (χ1) is 8.74. The van der Waals surface area contributed by atoms with Crippen LogP contribution in [0.5, 0.6) is 0 Å². The van der Waals surface area contributed by atoms with Crippen LogP contribution in [0.1, 0.15) is 47.5 Å². The van der Waals surface area contributed by atoms with E-state index in [4.69, 9.17) is 0 Å². The highest BCUT2D eigenvalue weighted by Gasteiger charge is 2.48. The van der Waals surface area contributed by atoms with Gasteiger partial charge in [0.15, 0.2) is 5.78 Å². The second-order valence-corrected chi connectivity index (χ2v) is 10.7. The molecule has 6 heteroatoms. The van der Waals surface area contributed by atoms with Crippen molar-refractivity contribution in [1.82, 2.24) is 4.72 Å². The lowest BCUT2D eigenvalue weighted by Gasteiger charge is -2.35. The molecule has 3 nitrogen and oxygen atoms in total. The third-order valence-electron chi connectivity index (χ3n) is 3.05. The summed E-state index contributed by atoms with van der Waals surface area (Å²) in [6, 6.07) is -0.0208. The lowest BCUT2D eigenvalue weighted by Crippen LogP contribution is -2.52. The van der Waals surface area contributed by atoms with Gasteiger partial charge in [-0.15, -0.1) is 23.5 Å². The zero-order valence-corrected chi connectivity index (χ0v) is 14.9. The summed E-state index contributed by atoms with van der Waals surface area (Å²) >= 11 is 3.43. The van der Waals surface area contributed by atoms with E-state index < -0.39 is 15.1 Å². The fourth-order valence-electron chi connectivity index (χ4n) is 2.00. The van der Waals surface area contributed by atoms with Crippen LogP contribution in [0.3, 0.4) is 0 Å². The van der Waals surface area contributed by atoms with Crippen LogP contribution in [-0.2, 0) is 15.8 Å². The number of carbonyl (C=O) groups is 1. The van der Waals surface area contributed by atoms with E-state index in [2.05, 4.69) is 11.6 Å². The lowest BCUT2D eigenvalue weighted by atomic mass is 10.1. The van der Waals surface area contributed by atoms with Crippen molar-refractivity contribution in [2.45, 2.75) is 62.3 Å². The van der Waals surface area contributed by atoms with E-state index in [1.54, 1.807) is 30.4 Å². The fraction of sp³-hybridized carbons (Fsp3) is 0.923. The van der Waals surface area contributed by atoms with Crippen molar-refractivity contribution in [1.29, 1.82) is 0 Å². The van der Waals surface area contributed by atoms with Gasteiger partial charge in [-0.2, -0.15) is 0 Å². The normalized spacial score (nSPS) is 22.2. The third-order valence-corrected chi connectivity index (χ3v) is 8.44. The molecular weight excluding hydrogens is 298 g/mol. The first-order valence-electron chi connectivity index (χ1n) is 6.71. The number of carbonyl (C=O) groups excluding carboxylic acids is 1. The first kappa shape index (κ1) is 17.5. The molecule has 1 heterocycles. The summed E-state index contributed by atoms with van der Waals surface area (Å²) in [6.07, 6.45) is 1.86. The molecule has 0 aliphatic carbocycles. The standard InChI is InChI=1S/C13H25NO2S3/c1-6-7-11(14-19(16)12(3,4)5)13(10(2)15)17-8-9-18-13/h11,14H,6-9H2,1-5H3/t11-,19?/m0/s1. The van der Waals surface area contributed by atoms with Gasteiger partial charge in [0.25, 0.3) is 0 Å². The van der Waals surface area contributed by atoms with E-state index in [1.165, 1.54) is 0 Å². The Kier molecular flexibility index (Phi) is 6.42. The minimum Gasteiger partial charge on any atom is -0.297 e. The van der Waals surface area contributed by atoms with E-state index in [-0.39, 0.29) is 16.6 Å². The molecule has 1 rings (SSSR count). The molecule has 1 aliphatic rings. The Morgan fingerprint density at radius 3 is 2.26 bits per heavy atom. The highest BCUT2D eigenvalue weighted by molar-refractivity contribution is 8.22. The molecule has 0 aromatic carbocycles. The molecule has 0 aromatic heterocycles. The summed E-state index contributed by atoms with van der Waals surface area (Å²) in [7, 11) is -1.14. The molecule has 0 bridgehead atoms. The van der Waals surface area contributed by atoms with Gasteiger partial charge in [0.1, 0.15) is 4.08 Å². The Bertz CT molecular complexity index is 346. The van der Waals surface area contributed by atoms with Crippen molar-refractivity contribution in [3.05, 3.63) is 0 Å². The zero-order valence-electron chi connectivity index (χ0n) is 12.4. The van der Waals surface area contributed by atoms with Crippen molar-refractivity contribution in [2.75, 3.05) is 11.5 Å². The average Bonchev–Trinajstić information content (AvgIpc) is 2.77. The molecule has 0 radical (unpaired) electrons. The zero-order chi connectivity index (χ0) is 14.7. The number of hydrogen-bond acceptors (Lipinski definition) is 4. The van der Waals surface area contributed by atoms with Gasteiger partial charge in [-0.1, -0.05) is 13.3 Å². The second kappa shape index (κ2) is 6.96. The molecule has 1 saturated heterocycles. The Morgan fingerprint density at radius 1 is 1.37 bits per heavy atom. The molecule has 2 atom stereocenters. The van der Waals surface area contributed by atoms with Crippen LogP contribution in [0, 0.1) is 0 Å². The Hall–Kier alpha value is 0.480. The molecule has 1 aliphatic heterocycles. The average molecular weight is 324 g/mol. The summed E-state index contributed by atoms with van der Waals surface area (Å²) in [5.74, 6) is 2.18. The Labute approximate surface area is 128 Å². The van der Waals surface area contributed by atoms with Crippen LogP contribution in [0.25, 0.3) is 0 Å². The highest BCUT2D eigenvalue weighted by atomic mass is 32.2. The van der Waals surface area contributed by atoms with E-state index in [9.17, 15) is 9.00 Å². The molecule has 0 saturated carbocycles. The van der Waals surface area contributed by atoms with E-state index in [1.807, 2.05) is 20.8 Å². The maximum absolute atomic E-state index is 12.3. The van der Waals surface area contributed by atoms with Crippen molar-refractivity contribution >= 4 is 40.3 Å². The van der Waals surface area contributed by atoms with Gasteiger partial charge in [-0.25, -0.2) is 8.93 Å². The topological polar surface area (TPSA) is 46.2 Å². The molecule has 1 fully saturated rings. The summed E-state index contributed by atoms with van der Waals surface area (Å²) in [4.78, 5) is 12.1. The molecular formula is C13H25NO2S3. The predicted molar refractivity (Wildman–Crippen MR) is 88.1 cm³/mol. The van der Waals surface area contributed by atoms with Crippen LogP contribution < -0.4 is 4.72 Å². The van der Waals surface area contributed by atoms with E-state index in [0.29, 0.717) is 0 Å². The number of Topliss-reactive ketones (excluding diaryl/α,β-unsaturated/α-hetero) is 1. The Balaban J connectivity index is 2.92. The van der Waals surface area contributed by atoms with Crippen LogP contribution in [0.4, 0.5) is 0 Å². The summed E-state index contributed by atoms with van der Waals surface area (Å²) in [5.41, 5.74) is 0. The molecule has 0 aromatic rings. The summed E-state index contributed by atoms with van der Waals surface area (Å²) in [5, 5.41) is 0. The van der Waals surface area contributed by atoms with Gasteiger partial charge >= 0.3 is 0 Å². The monoisotopic (exact) mass is 323 g/mol. The highest BCUT2D eigenvalue weighted by Crippen LogP contribution is 2.48. The summed E-state index contributed by atoms with van der Waals surface area (Å²) in [6.45, 7) is 9.62. The smallest absolute Gasteiger partial charge is 0.157 e. The van der Waals surface area contributed by atoms with Crippen molar-refractivity contribution in [2.24, 2.45) is 0 Å². The summed E-state index contributed by atoms with van der Waals surface area (Å²) < 4.78 is 14.8. The first-order valence-corrected chi connectivity index (χ1v) is 9.83. The molecule has 19 heavy (non-hydrogen) atoms. The SMILES string of the molecule is CCC[C@H](NS(=O)C(C)(C)C)C1(C(C)=O)SCCS1. The number of ketones is 1. The van der Waals surface area contributed by atoms with Gasteiger partial charge in [0.05, 0.1) is 21.8 Å². The van der Waals surface area contributed by atoms with Gasteiger partial charge in [-0.05, 0) is 34.1 Å². The van der Waals surface area contributed by atoms with E-state index in [0.717, 1.165) is 24.3 Å². The van der Waals surface area contributed by atoms with Gasteiger partial charge in [-0.3, -0.25) is 4.79 Å². The predicted octanol–water partition coefficient (Wildman–Crippen LogP) is 2.97. The van der Waals surface area contributed by atoms with Crippen LogP contribution in [0.15, 0.2) is 0 Å². The lowest BCUT2D eigenvalue weighted by molar-refractivity contribution is -0.117. The fourth-order valence-corrected chi connectivity index (χ4v) is 6.32. The Morgan fingerprint density at radius 2 is 1.89 bits per heavy atom. The van der Waals surface area contributed by atoms with Crippen LogP contribution in [-0.4, -0.2) is 36.4 Å². The molecule has 1 unspecified atom stereocenters. The second-order valence-electron chi connectivity index (χ2n) is 5.76. The van der Waals surface area contributed by atoms with Crippen molar-refractivity contribution in [3.8, 4) is 0 Å². The van der Waals surface area contributed by atoms with Crippen molar-refractivity contribution < 1.29 is 9.00 Å². The minimum atomic E-state index is -1.14. The molecule has 0 spiro atoms. The molecule has 112 valence electrons. The quantitative estimate of drug-likeness (QED) is 0.816.